The summed E-state index contributed by atoms with van der Waals surface area (Å²) in [5.74, 6) is 1.27. The standard InChI is InChI=1S/C16H12N2O3S2/c19-15(12-8-23-16(18-12)11-3-4-22-7-11)17-6-10-1-2-13-14(5-10)21-9-20-13/h1-5,7-8H,6,9H2,(H,17,19). The Labute approximate surface area is 140 Å². The Hall–Kier alpha value is -2.38. The zero-order chi connectivity index (χ0) is 15.6. The van der Waals surface area contributed by atoms with Crippen LogP contribution in [-0.4, -0.2) is 17.7 Å². The largest absolute Gasteiger partial charge is 0.454 e. The molecule has 0 saturated heterocycles. The molecule has 1 N–H and O–H groups in total. The van der Waals surface area contributed by atoms with Crippen LogP contribution in [-0.2, 0) is 6.54 Å². The number of fused-ring (bicyclic) bond motifs is 1. The van der Waals surface area contributed by atoms with Gasteiger partial charge in [0, 0.05) is 22.9 Å². The van der Waals surface area contributed by atoms with Crippen molar-refractivity contribution in [2.75, 3.05) is 6.79 Å². The van der Waals surface area contributed by atoms with Gasteiger partial charge in [0.05, 0.1) is 0 Å². The van der Waals surface area contributed by atoms with Crippen LogP contribution in [0.5, 0.6) is 11.5 Å². The third kappa shape index (κ3) is 2.93. The first-order chi connectivity index (χ1) is 11.3. The molecule has 7 heteroatoms. The molecule has 0 radical (unpaired) electrons. The van der Waals surface area contributed by atoms with Crippen molar-refractivity contribution >= 4 is 28.6 Å². The van der Waals surface area contributed by atoms with Crippen molar-refractivity contribution in [2.45, 2.75) is 6.54 Å². The number of thiophene rings is 1. The van der Waals surface area contributed by atoms with Crippen molar-refractivity contribution in [2.24, 2.45) is 0 Å². The van der Waals surface area contributed by atoms with Crippen LogP contribution in [0.4, 0.5) is 0 Å². The number of nitrogens with one attached hydrogen (secondary N) is 1. The smallest absolute Gasteiger partial charge is 0.271 e. The SMILES string of the molecule is O=C(NCc1ccc2c(c1)OCO2)c1csc(-c2ccsc2)n1. The van der Waals surface area contributed by atoms with E-state index in [0.717, 1.165) is 21.9 Å². The van der Waals surface area contributed by atoms with Crippen molar-refractivity contribution in [1.82, 2.24) is 10.3 Å². The Balaban J connectivity index is 1.42. The van der Waals surface area contributed by atoms with Gasteiger partial charge in [0.15, 0.2) is 11.5 Å². The zero-order valence-electron chi connectivity index (χ0n) is 11.9. The summed E-state index contributed by atoms with van der Waals surface area (Å²) in [6.07, 6.45) is 0. The number of carbonyl (C=O) groups is 1. The van der Waals surface area contributed by atoms with E-state index in [2.05, 4.69) is 10.3 Å². The van der Waals surface area contributed by atoms with Crippen LogP contribution < -0.4 is 14.8 Å². The molecular formula is C16H12N2O3S2. The van der Waals surface area contributed by atoms with E-state index < -0.39 is 0 Å². The molecule has 0 fully saturated rings. The van der Waals surface area contributed by atoms with Crippen molar-refractivity contribution in [1.29, 1.82) is 0 Å². The number of benzene rings is 1. The van der Waals surface area contributed by atoms with Gasteiger partial charge in [-0.2, -0.15) is 11.3 Å². The van der Waals surface area contributed by atoms with Crippen molar-refractivity contribution in [3.8, 4) is 22.1 Å². The molecule has 1 amide bonds. The second kappa shape index (κ2) is 6.02. The molecule has 0 atom stereocenters. The topological polar surface area (TPSA) is 60.5 Å². The predicted molar refractivity (Wildman–Crippen MR) is 89.2 cm³/mol. The van der Waals surface area contributed by atoms with Gasteiger partial charge in [0.25, 0.3) is 5.91 Å². The average molecular weight is 344 g/mol. The molecule has 2 aromatic heterocycles. The first kappa shape index (κ1) is 14.2. The van der Waals surface area contributed by atoms with Crippen LogP contribution >= 0.6 is 22.7 Å². The second-order valence-corrected chi connectivity index (χ2v) is 6.56. The third-order valence-electron chi connectivity index (χ3n) is 3.39. The van der Waals surface area contributed by atoms with E-state index in [4.69, 9.17) is 9.47 Å². The summed E-state index contributed by atoms with van der Waals surface area (Å²) in [6, 6.07) is 7.63. The maximum Gasteiger partial charge on any atom is 0.271 e. The van der Waals surface area contributed by atoms with E-state index in [9.17, 15) is 4.79 Å². The number of rotatable bonds is 4. The normalized spacial score (nSPS) is 12.3. The number of hydrogen-bond acceptors (Lipinski definition) is 6. The van der Waals surface area contributed by atoms with Crippen molar-refractivity contribution in [3.05, 3.63) is 51.7 Å². The molecule has 0 saturated carbocycles. The van der Waals surface area contributed by atoms with Crippen LogP contribution in [0.2, 0.25) is 0 Å². The summed E-state index contributed by atoms with van der Waals surface area (Å²) in [4.78, 5) is 16.6. The minimum absolute atomic E-state index is 0.180. The fourth-order valence-electron chi connectivity index (χ4n) is 2.22. The van der Waals surface area contributed by atoms with Crippen molar-refractivity contribution < 1.29 is 14.3 Å². The number of ether oxygens (including phenoxy) is 2. The first-order valence-electron chi connectivity index (χ1n) is 6.94. The molecule has 23 heavy (non-hydrogen) atoms. The van der Waals surface area contributed by atoms with E-state index in [1.165, 1.54) is 11.3 Å². The summed E-state index contributed by atoms with van der Waals surface area (Å²) in [7, 11) is 0. The van der Waals surface area contributed by atoms with Gasteiger partial charge in [-0.3, -0.25) is 4.79 Å². The molecule has 5 nitrogen and oxygen atoms in total. The number of thiazole rings is 1. The number of amides is 1. The molecule has 0 bridgehead atoms. The molecule has 0 spiro atoms. The summed E-state index contributed by atoms with van der Waals surface area (Å²) in [5, 5.41) is 9.53. The lowest BCUT2D eigenvalue weighted by Crippen LogP contribution is -2.23. The van der Waals surface area contributed by atoms with Gasteiger partial charge < -0.3 is 14.8 Å². The number of carbonyl (C=O) groups excluding carboxylic acids is 1. The Morgan fingerprint density at radius 1 is 1.22 bits per heavy atom. The summed E-state index contributed by atoms with van der Waals surface area (Å²) >= 11 is 3.09. The molecule has 1 aliphatic heterocycles. The lowest BCUT2D eigenvalue weighted by molar-refractivity contribution is 0.0946. The molecule has 4 rings (SSSR count). The number of hydrogen-bond donors (Lipinski definition) is 1. The summed E-state index contributed by atoms with van der Waals surface area (Å²) < 4.78 is 10.6. The van der Waals surface area contributed by atoms with Gasteiger partial charge >= 0.3 is 0 Å². The van der Waals surface area contributed by atoms with Crippen LogP contribution in [0.25, 0.3) is 10.6 Å². The van der Waals surface area contributed by atoms with E-state index in [-0.39, 0.29) is 12.7 Å². The van der Waals surface area contributed by atoms with Crippen molar-refractivity contribution in [3.63, 3.8) is 0 Å². The summed E-state index contributed by atoms with van der Waals surface area (Å²) in [6.45, 7) is 0.663. The Morgan fingerprint density at radius 3 is 3.00 bits per heavy atom. The van der Waals surface area contributed by atoms with E-state index >= 15 is 0 Å². The highest BCUT2D eigenvalue weighted by Crippen LogP contribution is 2.32. The molecule has 1 aliphatic rings. The molecular weight excluding hydrogens is 332 g/mol. The Morgan fingerprint density at radius 2 is 2.13 bits per heavy atom. The highest BCUT2D eigenvalue weighted by atomic mass is 32.1. The predicted octanol–water partition coefficient (Wildman–Crippen LogP) is 3.53. The van der Waals surface area contributed by atoms with Gasteiger partial charge in [-0.15, -0.1) is 11.3 Å². The van der Waals surface area contributed by atoms with E-state index in [0.29, 0.717) is 18.0 Å². The maximum atomic E-state index is 12.2. The minimum Gasteiger partial charge on any atom is -0.454 e. The lowest BCUT2D eigenvalue weighted by atomic mass is 10.2. The summed E-state index contributed by atoms with van der Waals surface area (Å²) in [5.41, 5.74) is 2.45. The van der Waals surface area contributed by atoms with Crippen LogP contribution in [0, 0.1) is 0 Å². The minimum atomic E-state index is -0.180. The lowest BCUT2D eigenvalue weighted by Gasteiger charge is -2.04. The second-order valence-electron chi connectivity index (χ2n) is 4.92. The highest BCUT2D eigenvalue weighted by molar-refractivity contribution is 7.14. The van der Waals surface area contributed by atoms with Gasteiger partial charge in [-0.05, 0) is 29.1 Å². The van der Waals surface area contributed by atoms with Crippen LogP contribution in [0.3, 0.4) is 0 Å². The maximum absolute atomic E-state index is 12.2. The third-order valence-corrected chi connectivity index (χ3v) is 4.97. The van der Waals surface area contributed by atoms with Gasteiger partial charge in [0.1, 0.15) is 10.7 Å². The monoisotopic (exact) mass is 344 g/mol. The van der Waals surface area contributed by atoms with E-state index in [1.807, 2.05) is 35.0 Å². The Bertz CT molecular complexity index is 843. The van der Waals surface area contributed by atoms with Gasteiger partial charge in [-0.25, -0.2) is 4.98 Å². The average Bonchev–Trinajstić information content (AvgIpc) is 3.32. The van der Waals surface area contributed by atoms with Crippen LogP contribution in [0.15, 0.2) is 40.4 Å². The molecule has 1 aromatic carbocycles. The van der Waals surface area contributed by atoms with E-state index in [1.54, 1.807) is 16.7 Å². The Kier molecular flexibility index (Phi) is 3.72. The molecule has 0 unspecified atom stereocenters. The zero-order valence-corrected chi connectivity index (χ0v) is 13.6. The fraction of sp³-hybridized carbons (Fsp3) is 0.125. The fourth-order valence-corrected chi connectivity index (χ4v) is 3.73. The molecule has 3 aromatic rings. The number of aromatic nitrogens is 1. The van der Waals surface area contributed by atoms with Crippen LogP contribution in [0.1, 0.15) is 16.1 Å². The molecule has 116 valence electrons. The van der Waals surface area contributed by atoms with Gasteiger partial charge in [0.2, 0.25) is 6.79 Å². The quantitative estimate of drug-likeness (QED) is 0.786. The molecule has 3 heterocycles. The first-order valence-corrected chi connectivity index (χ1v) is 8.77. The van der Waals surface area contributed by atoms with Gasteiger partial charge in [-0.1, -0.05) is 6.07 Å². The highest BCUT2D eigenvalue weighted by Gasteiger charge is 2.15. The molecule has 0 aliphatic carbocycles. The number of nitrogens with zero attached hydrogens (tertiary/aromatic N) is 1.